The van der Waals surface area contributed by atoms with Crippen LogP contribution in [0.5, 0.6) is 6.01 Å². The summed E-state index contributed by atoms with van der Waals surface area (Å²) < 4.78 is 7.34. The number of nitrogens with two attached hydrogens (primary N) is 1. The summed E-state index contributed by atoms with van der Waals surface area (Å²) in [5.74, 6) is 0.919. The maximum atomic E-state index is 6.32. The average Bonchev–Trinajstić information content (AvgIpc) is 2.76. The lowest BCUT2D eigenvalue weighted by atomic mass is 9.98. The van der Waals surface area contributed by atoms with Crippen molar-refractivity contribution in [2.75, 3.05) is 6.61 Å². The number of aromatic nitrogens is 3. The highest BCUT2D eigenvalue weighted by Crippen LogP contribution is 2.36. The van der Waals surface area contributed by atoms with E-state index < -0.39 is 0 Å². The van der Waals surface area contributed by atoms with Gasteiger partial charge in [0, 0.05) is 0 Å². The van der Waals surface area contributed by atoms with E-state index in [1.807, 2.05) is 4.57 Å². The number of ether oxygens (including phenoxy) is 1. The fourth-order valence-corrected chi connectivity index (χ4v) is 2.42. The number of hydrogen-bond acceptors (Lipinski definition) is 4. The van der Waals surface area contributed by atoms with Gasteiger partial charge in [-0.2, -0.15) is 0 Å². The Labute approximate surface area is 82.3 Å². The van der Waals surface area contributed by atoms with Crippen LogP contribution in [0.25, 0.3) is 0 Å². The smallest absolute Gasteiger partial charge is 0.317 e. The Balaban J connectivity index is 2.03. The zero-order valence-corrected chi connectivity index (χ0v) is 8.07. The zero-order chi connectivity index (χ0) is 9.60. The minimum absolute atomic E-state index is 0.251. The number of rotatable bonds is 1. The summed E-state index contributed by atoms with van der Waals surface area (Å²) in [6.07, 6.45) is 4.43. The Morgan fingerprint density at radius 2 is 2.07 bits per heavy atom. The lowest BCUT2D eigenvalue weighted by Gasteiger charge is -2.21. The van der Waals surface area contributed by atoms with E-state index in [4.69, 9.17) is 10.5 Å². The van der Waals surface area contributed by atoms with Crippen LogP contribution < -0.4 is 10.5 Å². The topological polar surface area (TPSA) is 66.0 Å². The number of fused-ring (bicyclic) bond motifs is 1. The molecule has 0 radical (unpaired) electrons. The van der Waals surface area contributed by atoms with Crippen LogP contribution in [0, 0.1) is 0 Å². The third-order valence-electron chi connectivity index (χ3n) is 3.20. The van der Waals surface area contributed by atoms with Crippen molar-refractivity contribution >= 4 is 0 Å². The van der Waals surface area contributed by atoms with Crippen molar-refractivity contribution in [3.05, 3.63) is 5.82 Å². The zero-order valence-electron chi connectivity index (χ0n) is 8.07. The second-order valence-electron chi connectivity index (χ2n) is 4.17. The van der Waals surface area contributed by atoms with Crippen LogP contribution >= 0.6 is 0 Å². The van der Waals surface area contributed by atoms with Crippen LogP contribution in [0.4, 0.5) is 0 Å². The molecule has 0 bridgehead atoms. The molecule has 1 aromatic heterocycles. The van der Waals surface area contributed by atoms with Crippen molar-refractivity contribution in [1.82, 2.24) is 14.8 Å². The molecule has 76 valence electrons. The fraction of sp³-hybridized carbons (Fsp3) is 0.778. The van der Waals surface area contributed by atoms with Gasteiger partial charge in [-0.05, 0) is 12.8 Å². The molecule has 14 heavy (non-hydrogen) atoms. The predicted octanol–water partition coefficient (Wildman–Crippen LogP) is 0.398. The van der Waals surface area contributed by atoms with Crippen LogP contribution in [-0.4, -0.2) is 21.4 Å². The van der Waals surface area contributed by atoms with E-state index in [0.29, 0.717) is 12.6 Å². The Hall–Kier alpha value is -1.10. The lowest BCUT2D eigenvalue weighted by Crippen LogP contribution is -2.36. The minimum Gasteiger partial charge on any atom is -0.462 e. The van der Waals surface area contributed by atoms with E-state index in [-0.39, 0.29) is 5.54 Å². The first kappa shape index (κ1) is 8.23. The molecule has 2 aliphatic rings. The van der Waals surface area contributed by atoms with Crippen LogP contribution in [0.2, 0.25) is 0 Å². The second-order valence-corrected chi connectivity index (χ2v) is 4.17. The van der Waals surface area contributed by atoms with Gasteiger partial charge in [-0.25, -0.2) is 0 Å². The minimum atomic E-state index is -0.251. The van der Waals surface area contributed by atoms with Gasteiger partial charge < -0.3 is 10.5 Å². The molecule has 5 nitrogen and oxygen atoms in total. The quantitative estimate of drug-likeness (QED) is 0.702. The van der Waals surface area contributed by atoms with E-state index in [0.717, 1.165) is 25.2 Å². The highest BCUT2D eigenvalue weighted by atomic mass is 16.5. The molecule has 0 amide bonds. The van der Waals surface area contributed by atoms with E-state index >= 15 is 0 Å². The Morgan fingerprint density at radius 1 is 1.29 bits per heavy atom. The first-order chi connectivity index (χ1) is 6.80. The van der Waals surface area contributed by atoms with Crippen molar-refractivity contribution in [1.29, 1.82) is 0 Å². The maximum absolute atomic E-state index is 6.32. The van der Waals surface area contributed by atoms with Gasteiger partial charge >= 0.3 is 6.01 Å². The third-order valence-corrected chi connectivity index (χ3v) is 3.20. The Kier molecular flexibility index (Phi) is 1.58. The summed E-state index contributed by atoms with van der Waals surface area (Å²) in [5.41, 5.74) is 6.07. The molecule has 3 rings (SSSR count). The van der Waals surface area contributed by atoms with Crippen molar-refractivity contribution in [3.8, 4) is 6.01 Å². The van der Waals surface area contributed by atoms with Crippen LogP contribution in [0.15, 0.2) is 0 Å². The molecule has 0 unspecified atom stereocenters. The van der Waals surface area contributed by atoms with Gasteiger partial charge in [-0.15, -0.1) is 5.10 Å². The molecule has 5 heteroatoms. The maximum Gasteiger partial charge on any atom is 0.317 e. The molecular formula is C9H14N4O. The van der Waals surface area contributed by atoms with Gasteiger partial charge in [0.2, 0.25) is 0 Å². The third kappa shape index (κ3) is 0.987. The highest BCUT2D eigenvalue weighted by Gasteiger charge is 2.38. The summed E-state index contributed by atoms with van der Waals surface area (Å²) in [4.78, 5) is 0. The summed E-state index contributed by atoms with van der Waals surface area (Å²) in [7, 11) is 0. The summed E-state index contributed by atoms with van der Waals surface area (Å²) in [6, 6.07) is 0.636. The fourth-order valence-electron chi connectivity index (χ4n) is 2.42. The van der Waals surface area contributed by atoms with E-state index in [1.54, 1.807) is 0 Å². The normalized spacial score (nSPS) is 23.5. The molecule has 1 aliphatic carbocycles. The predicted molar refractivity (Wildman–Crippen MR) is 49.9 cm³/mol. The molecule has 1 fully saturated rings. The Morgan fingerprint density at radius 3 is 2.86 bits per heavy atom. The molecule has 0 aromatic carbocycles. The summed E-state index contributed by atoms with van der Waals surface area (Å²) >= 11 is 0. The van der Waals surface area contributed by atoms with Crippen molar-refractivity contribution < 1.29 is 4.74 Å². The molecule has 0 saturated heterocycles. The van der Waals surface area contributed by atoms with Gasteiger partial charge in [0.1, 0.15) is 6.61 Å². The van der Waals surface area contributed by atoms with Gasteiger partial charge in [-0.1, -0.05) is 17.9 Å². The summed E-state index contributed by atoms with van der Waals surface area (Å²) in [6.45, 7) is 1.55. The van der Waals surface area contributed by atoms with Crippen LogP contribution in [-0.2, 0) is 12.1 Å². The molecular weight excluding hydrogens is 180 g/mol. The van der Waals surface area contributed by atoms with Crippen LogP contribution in [0.1, 0.15) is 31.5 Å². The summed E-state index contributed by atoms with van der Waals surface area (Å²) in [5, 5.41) is 8.15. The van der Waals surface area contributed by atoms with Gasteiger partial charge in [0.15, 0.2) is 5.82 Å². The molecule has 2 heterocycles. The first-order valence-corrected chi connectivity index (χ1v) is 5.15. The van der Waals surface area contributed by atoms with Crippen LogP contribution in [0.3, 0.4) is 0 Å². The van der Waals surface area contributed by atoms with Gasteiger partial charge in [0.05, 0.1) is 12.1 Å². The molecule has 0 spiro atoms. The first-order valence-electron chi connectivity index (χ1n) is 5.15. The molecule has 1 aliphatic heterocycles. The number of nitrogens with zero attached hydrogens (tertiary/aromatic N) is 3. The average molecular weight is 194 g/mol. The van der Waals surface area contributed by atoms with Crippen molar-refractivity contribution in [3.63, 3.8) is 0 Å². The SMILES string of the molecule is NC1(c2nnc3n2CCO3)CCCC1. The molecule has 1 aromatic rings. The van der Waals surface area contributed by atoms with E-state index in [2.05, 4.69) is 10.2 Å². The van der Waals surface area contributed by atoms with Crippen molar-refractivity contribution in [2.24, 2.45) is 5.73 Å². The van der Waals surface area contributed by atoms with E-state index in [1.165, 1.54) is 12.8 Å². The molecule has 1 saturated carbocycles. The van der Waals surface area contributed by atoms with Gasteiger partial charge in [-0.3, -0.25) is 4.57 Å². The number of hydrogen-bond donors (Lipinski definition) is 1. The molecule has 2 N–H and O–H groups in total. The molecule has 0 atom stereocenters. The highest BCUT2D eigenvalue weighted by molar-refractivity contribution is 5.14. The largest absolute Gasteiger partial charge is 0.462 e. The van der Waals surface area contributed by atoms with Gasteiger partial charge in [0.25, 0.3) is 0 Å². The standard InChI is InChI=1S/C9H14N4O/c10-9(3-1-2-4-9)7-11-12-8-13(7)5-6-14-8/h1-6,10H2. The van der Waals surface area contributed by atoms with Crippen molar-refractivity contribution in [2.45, 2.75) is 37.8 Å². The van der Waals surface area contributed by atoms with E-state index in [9.17, 15) is 0 Å². The lowest BCUT2D eigenvalue weighted by molar-refractivity contribution is 0.340. The second kappa shape index (κ2) is 2.70. The monoisotopic (exact) mass is 194 g/mol. The Bertz CT molecular complexity index is 354.